The molecule has 1 aliphatic carbocycles. The number of carbonyl (C=O) groups is 1. The number of aromatic nitrogens is 1. The minimum absolute atomic E-state index is 0.308. The molecule has 1 aliphatic heterocycles. The van der Waals surface area contributed by atoms with Crippen LogP contribution in [0.2, 0.25) is 0 Å². The monoisotopic (exact) mass is 278 g/mol. The average molecular weight is 278 g/mol. The zero-order chi connectivity index (χ0) is 14.2. The molecule has 4 rings (SSSR count). The maximum atomic E-state index is 12.4. The topological polar surface area (TPSA) is 33.2 Å². The predicted octanol–water partition coefficient (Wildman–Crippen LogP) is 3.48. The second-order valence-corrected chi connectivity index (χ2v) is 5.84. The van der Waals surface area contributed by atoms with Crippen LogP contribution in [0.25, 0.3) is 11.1 Å². The molecule has 3 nitrogen and oxygen atoms in total. The Balaban J connectivity index is 1.87. The van der Waals surface area contributed by atoms with E-state index in [1.165, 1.54) is 24.0 Å². The van der Waals surface area contributed by atoms with E-state index < -0.39 is 0 Å². The summed E-state index contributed by atoms with van der Waals surface area (Å²) in [6.07, 6.45) is 7.61. The molecule has 0 bridgehead atoms. The van der Waals surface area contributed by atoms with Gasteiger partial charge in [-0.05, 0) is 54.2 Å². The van der Waals surface area contributed by atoms with Gasteiger partial charge in [-0.3, -0.25) is 9.78 Å². The van der Waals surface area contributed by atoms with Gasteiger partial charge in [0, 0.05) is 43.2 Å². The molecule has 106 valence electrons. The highest BCUT2D eigenvalue weighted by molar-refractivity contribution is 6.07. The van der Waals surface area contributed by atoms with E-state index in [0.717, 1.165) is 36.3 Å². The Labute approximate surface area is 124 Å². The molecule has 0 saturated carbocycles. The van der Waals surface area contributed by atoms with Gasteiger partial charge in [-0.25, -0.2) is 0 Å². The fourth-order valence-electron chi connectivity index (χ4n) is 3.59. The number of fused-ring (bicyclic) bond motifs is 1. The third-order valence-electron chi connectivity index (χ3n) is 4.61. The number of nitrogens with zero attached hydrogens (tertiary/aromatic N) is 2. The Morgan fingerprint density at radius 2 is 1.71 bits per heavy atom. The minimum Gasteiger partial charge on any atom is -0.371 e. The van der Waals surface area contributed by atoms with Crippen LogP contribution in [0.3, 0.4) is 0 Å². The van der Waals surface area contributed by atoms with E-state index >= 15 is 0 Å². The van der Waals surface area contributed by atoms with Crippen LogP contribution in [0.5, 0.6) is 0 Å². The highest BCUT2D eigenvalue weighted by Crippen LogP contribution is 2.39. The third kappa shape index (κ3) is 2.04. The first-order valence-corrected chi connectivity index (χ1v) is 7.69. The Kier molecular flexibility index (Phi) is 2.99. The van der Waals surface area contributed by atoms with Crippen molar-refractivity contribution >= 4 is 11.5 Å². The molecule has 0 radical (unpaired) electrons. The molecule has 21 heavy (non-hydrogen) atoms. The lowest BCUT2D eigenvalue weighted by Crippen LogP contribution is -2.20. The smallest absolute Gasteiger partial charge is 0.165 e. The maximum Gasteiger partial charge on any atom is 0.165 e. The van der Waals surface area contributed by atoms with Crippen molar-refractivity contribution in [2.24, 2.45) is 0 Å². The van der Waals surface area contributed by atoms with Gasteiger partial charge in [-0.15, -0.1) is 0 Å². The van der Waals surface area contributed by atoms with Gasteiger partial charge in [-0.2, -0.15) is 0 Å². The molecule has 2 heterocycles. The summed E-state index contributed by atoms with van der Waals surface area (Å²) in [7, 11) is 0. The summed E-state index contributed by atoms with van der Waals surface area (Å²) >= 11 is 0. The van der Waals surface area contributed by atoms with Gasteiger partial charge < -0.3 is 4.90 Å². The van der Waals surface area contributed by atoms with Crippen LogP contribution in [0.4, 0.5) is 5.69 Å². The van der Waals surface area contributed by atoms with Crippen LogP contribution in [0, 0.1) is 0 Å². The number of rotatable bonds is 2. The van der Waals surface area contributed by atoms with Gasteiger partial charge in [0.05, 0.1) is 0 Å². The van der Waals surface area contributed by atoms with Gasteiger partial charge in [0.1, 0.15) is 0 Å². The Hall–Kier alpha value is -2.16. The Bertz CT molecular complexity index is 688. The fourth-order valence-corrected chi connectivity index (χ4v) is 3.59. The quantitative estimate of drug-likeness (QED) is 0.843. The predicted molar refractivity (Wildman–Crippen MR) is 83.8 cm³/mol. The molecule has 0 amide bonds. The van der Waals surface area contributed by atoms with E-state index in [2.05, 4.69) is 22.0 Å². The lowest BCUT2D eigenvalue weighted by atomic mass is 9.96. The number of hydrogen-bond donors (Lipinski definition) is 0. The van der Waals surface area contributed by atoms with Crippen LogP contribution in [0.15, 0.2) is 36.7 Å². The maximum absolute atomic E-state index is 12.4. The highest BCUT2D eigenvalue weighted by Gasteiger charge is 2.28. The summed E-state index contributed by atoms with van der Waals surface area (Å²) in [6, 6.07) is 8.37. The van der Waals surface area contributed by atoms with Crippen molar-refractivity contribution in [1.82, 2.24) is 4.98 Å². The molecular weight excluding hydrogens is 260 g/mol. The van der Waals surface area contributed by atoms with Crippen molar-refractivity contribution in [3.05, 3.63) is 47.8 Å². The van der Waals surface area contributed by atoms with Gasteiger partial charge in [0.2, 0.25) is 0 Å². The van der Waals surface area contributed by atoms with Crippen molar-refractivity contribution in [1.29, 1.82) is 0 Å². The second-order valence-electron chi connectivity index (χ2n) is 5.84. The SMILES string of the molecule is O=C1CCc2c(-c3ccncc3)ccc(N3CCCC3)c21. The summed E-state index contributed by atoms with van der Waals surface area (Å²) < 4.78 is 0. The first kappa shape index (κ1) is 12.6. The molecular formula is C18H18N2O. The minimum atomic E-state index is 0.308. The lowest BCUT2D eigenvalue weighted by Gasteiger charge is -2.22. The fraction of sp³-hybridized carbons (Fsp3) is 0.333. The normalized spacial score (nSPS) is 17.3. The summed E-state index contributed by atoms with van der Waals surface area (Å²) in [5.41, 5.74) is 5.72. The van der Waals surface area contributed by atoms with Gasteiger partial charge in [0.25, 0.3) is 0 Å². The lowest BCUT2D eigenvalue weighted by molar-refractivity contribution is 0.0995. The van der Waals surface area contributed by atoms with Crippen LogP contribution < -0.4 is 4.90 Å². The molecule has 0 unspecified atom stereocenters. The first-order chi connectivity index (χ1) is 10.3. The molecule has 0 N–H and O–H groups in total. The third-order valence-corrected chi connectivity index (χ3v) is 4.61. The molecule has 2 aromatic rings. The first-order valence-electron chi connectivity index (χ1n) is 7.69. The number of carbonyl (C=O) groups excluding carboxylic acids is 1. The van der Waals surface area contributed by atoms with Crippen molar-refractivity contribution < 1.29 is 4.79 Å². The van der Waals surface area contributed by atoms with E-state index in [-0.39, 0.29) is 0 Å². The number of hydrogen-bond acceptors (Lipinski definition) is 3. The molecule has 3 heteroatoms. The standard InChI is InChI=1S/C18H18N2O/c21-17-6-4-15-14(13-7-9-19-10-8-13)3-5-16(18(15)17)20-11-1-2-12-20/h3,5,7-10H,1-2,4,6,11-12H2. The van der Waals surface area contributed by atoms with Crippen molar-refractivity contribution in [3.63, 3.8) is 0 Å². The molecule has 1 fully saturated rings. The molecule has 1 saturated heterocycles. The van der Waals surface area contributed by atoms with Gasteiger partial charge in [-0.1, -0.05) is 6.07 Å². The van der Waals surface area contributed by atoms with Crippen LogP contribution in [0.1, 0.15) is 35.2 Å². The Morgan fingerprint density at radius 3 is 2.48 bits per heavy atom. The summed E-state index contributed by atoms with van der Waals surface area (Å²) in [5, 5.41) is 0. The van der Waals surface area contributed by atoms with Gasteiger partial charge in [0.15, 0.2) is 5.78 Å². The van der Waals surface area contributed by atoms with Crippen LogP contribution in [-0.4, -0.2) is 23.9 Å². The summed E-state index contributed by atoms with van der Waals surface area (Å²) in [6.45, 7) is 2.16. The highest BCUT2D eigenvalue weighted by atomic mass is 16.1. The molecule has 0 atom stereocenters. The Morgan fingerprint density at radius 1 is 0.952 bits per heavy atom. The summed E-state index contributed by atoms with van der Waals surface area (Å²) in [5.74, 6) is 0.308. The van der Waals surface area contributed by atoms with E-state index in [0.29, 0.717) is 12.2 Å². The number of anilines is 1. The van der Waals surface area contributed by atoms with Crippen LogP contribution in [-0.2, 0) is 6.42 Å². The molecule has 1 aromatic carbocycles. The largest absolute Gasteiger partial charge is 0.371 e. The number of benzene rings is 1. The molecule has 0 spiro atoms. The van der Waals surface area contributed by atoms with E-state index in [4.69, 9.17) is 0 Å². The summed E-state index contributed by atoms with van der Waals surface area (Å²) in [4.78, 5) is 18.8. The zero-order valence-corrected chi connectivity index (χ0v) is 12.0. The molecule has 1 aromatic heterocycles. The van der Waals surface area contributed by atoms with E-state index in [9.17, 15) is 4.79 Å². The average Bonchev–Trinajstić information content (AvgIpc) is 3.18. The number of ketones is 1. The second kappa shape index (κ2) is 4.99. The van der Waals surface area contributed by atoms with Crippen molar-refractivity contribution in [2.75, 3.05) is 18.0 Å². The number of Topliss-reactive ketones (excluding diaryl/α,β-unsaturated/α-hetero) is 1. The van der Waals surface area contributed by atoms with Crippen molar-refractivity contribution in [2.45, 2.75) is 25.7 Å². The van der Waals surface area contributed by atoms with Crippen LogP contribution >= 0.6 is 0 Å². The zero-order valence-electron chi connectivity index (χ0n) is 12.0. The van der Waals surface area contributed by atoms with E-state index in [1.807, 2.05) is 24.5 Å². The molecule has 2 aliphatic rings. The van der Waals surface area contributed by atoms with E-state index in [1.54, 1.807) is 0 Å². The van der Waals surface area contributed by atoms with Crippen molar-refractivity contribution in [3.8, 4) is 11.1 Å². The number of pyridine rings is 1. The van der Waals surface area contributed by atoms with Gasteiger partial charge >= 0.3 is 0 Å².